The van der Waals surface area contributed by atoms with E-state index >= 15 is 0 Å². The third-order valence-electron chi connectivity index (χ3n) is 7.22. The van der Waals surface area contributed by atoms with Crippen molar-refractivity contribution >= 4 is 71.0 Å². The Morgan fingerprint density at radius 1 is 0.526 bits per heavy atom. The van der Waals surface area contributed by atoms with Crippen molar-refractivity contribution in [3.63, 3.8) is 0 Å². The van der Waals surface area contributed by atoms with Gasteiger partial charge in [-0.1, -0.05) is 0 Å². The second kappa shape index (κ2) is 25.6. The standard InChI is InChI=1S/C30H49N11O16/c1-12(31)25(52)34-8-21(47)38-16(7-19(33)45)26(53)35-9-20(46)37-14(3-5-18(32)44)29(56)41-24(13(2)43)30(57)39-15(4-6-22(48)49)28(55)40-17(11-42)27(54)36-10-23(50)51/h12-17,24,42-43H,3-11,31H2,1-2H3,(H2,32,44)(H2,33,45)(H,34,52)(H,35,53)(H,36,54)(H,37,46)(H,38,47)(H,39,57)(H,40,55)(H,41,56)(H,48,49)(H,50,51). The Hall–Kier alpha value is -6.48. The fourth-order valence-electron chi connectivity index (χ4n) is 4.29. The SMILES string of the molecule is CC(N)C(=O)NCC(=O)NC(CC(N)=O)C(=O)NCC(=O)NC(CCC(N)=O)C(=O)NC(C(=O)NC(CCC(=O)O)C(=O)NC(CO)C(=O)NCC(=O)O)C(C)O. The van der Waals surface area contributed by atoms with Gasteiger partial charge in [-0.15, -0.1) is 0 Å². The number of aliphatic carboxylic acids is 2. The number of aliphatic hydroxyl groups excluding tert-OH is 2. The summed E-state index contributed by atoms with van der Waals surface area (Å²) in [6.45, 7) is -1.12. The van der Waals surface area contributed by atoms with Crippen molar-refractivity contribution in [1.29, 1.82) is 0 Å². The summed E-state index contributed by atoms with van der Waals surface area (Å²) >= 11 is 0. The van der Waals surface area contributed by atoms with Crippen molar-refractivity contribution in [1.82, 2.24) is 42.5 Å². The molecule has 7 atom stereocenters. The minimum atomic E-state index is -1.94. The van der Waals surface area contributed by atoms with Crippen LogP contribution in [0.4, 0.5) is 0 Å². The number of rotatable bonds is 27. The quantitative estimate of drug-likeness (QED) is 0.0366. The van der Waals surface area contributed by atoms with Gasteiger partial charge in [0, 0.05) is 12.8 Å². The molecule has 0 radical (unpaired) electrons. The number of hydrogen-bond donors (Lipinski definition) is 15. The van der Waals surface area contributed by atoms with E-state index in [1.807, 2.05) is 10.6 Å². The highest BCUT2D eigenvalue weighted by Crippen LogP contribution is 2.05. The van der Waals surface area contributed by atoms with E-state index < -0.39 is 172 Å². The lowest BCUT2D eigenvalue weighted by Crippen LogP contribution is -2.61. The molecule has 27 heteroatoms. The van der Waals surface area contributed by atoms with Gasteiger partial charge in [-0.05, 0) is 26.7 Å². The minimum absolute atomic E-state index is 0.501. The van der Waals surface area contributed by atoms with Gasteiger partial charge in [0.05, 0.1) is 38.3 Å². The number of nitrogens with two attached hydrogens (primary N) is 3. The highest BCUT2D eigenvalue weighted by molar-refractivity contribution is 5.98. The van der Waals surface area contributed by atoms with E-state index in [4.69, 9.17) is 27.4 Å². The van der Waals surface area contributed by atoms with Gasteiger partial charge in [0.1, 0.15) is 36.8 Å². The van der Waals surface area contributed by atoms with Crippen molar-refractivity contribution in [2.45, 2.75) is 88.3 Å². The van der Waals surface area contributed by atoms with Crippen molar-refractivity contribution < 1.29 is 78.0 Å². The smallest absolute Gasteiger partial charge is 0.322 e. The molecule has 0 aliphatic heterocycles. The summed E-state index contributed by atoms with van der Waals surface area (Å²) in [7, 11) is 0. The lowest BCUT2D eigenvalue weighted by molar-refractivity contribution is -0.139. The monoisotopic (exact) mass is 819 g/mol. The molecule has 0 aromatic rings. The molecule has 27 nitrogen and oxygen atoms in total. The van der Waals surface area contributed by atoms with E-state index in [0.717, 1.165) is 6.92 Å². The summed E-state index contributed by atoms with van der Waals surface area (Å²) in [4.78, 5) is 146. The Morgan fingerprint density at radius 2 is 0.982 bits per heavy atom. The zero-order valence-electron chi connectivity index (χ0n) is 30.8. The van der Waals surface area contributed by atoms with Gasteiger partial charge in [0.25, 0.3) is 0 Å². The molecule has 0 spiro atoms. The van der Waals surface area contributed by atoms with E-state index in [1.165, 1.54) is 6.92 Å². The molecule has 0 aliphatic rings. The molecule has 0 heterocycles. The molecule has 0 aliphatic carbocycles. The summed E-state index contributed by atoms with van der Waals surface area (Å²) in [6, 6.07) is -9.74. The zero-order valence-corrected chi connectivity index (χ0v) is 30.8. The average Bonchev–Trinajstić information content (AvgIpc) is 3.11. The first-order chi connectivity index (χ1) is 26.5. The number of primary amides is 2. The first-order valence-corrected chi connectivity index (χ1v) is 16.9. The Bertz CT molecular complexity index is 1520. The molecule has 320 valence electrons. The fourth-order valence-corrected chi connectivity index (χ4v) is 4.29. The summed E-state index contributed by atoms with van der Waals surface area (Å²) in [5.74, 6) is -13.6. The van der Waals surface area contributed by atoms with Gasteiger partial charge in [-0.2, -0.15) is 0 Å². The molecule has 0 aromatic carbocycles. The summed E-state index contributed by atoms with van der Waals surface area (Å²) in [5, 5.41) is 54.5. The molecule has 0 aromatic heterocycles. The van der Waals surface area contributed by atoms with Crippen LogP contribution in [0.15, 0.2) is 0 Å². The number of carboxylic acid groups (broad SMARTS) is 2. The molecule has 0 saturated heterocycles. The topological polar surface area (TPSA) is 460 Å². The van der Waals surface area contributed by atoms with Gasteiger partial charge in [-0.25, -0.2) is 0 Å². The number of carbonyl (C=O) groups excluding carboxylic acids is 10. The van der Waals surface area contributed by atoms with Gasteiger partial charge in [0.2, 0.25) is 59.1 Å². The summed E-state index contributed by atoms with van der Waals surface area (Å²) < 4.78 is 0. The number of nitrogens with one attached hydrogen (secondary N) is 8. The van der Waals surface area contributed by atoms with Gasteiger partial charge in [0.15, 0.2) is 0 Å². The maximum absolute atomic E-state index is 13.3. The molecule has 57 heavy (non-hydrogen) atoms. The van der Waals surface area contributed by atoms with E-state index in [0.29, 0.717) is 0 Å². The van der Waals surface area contributed by atoms with Crippen molar-refractivity contribution in [2.24, 2.45) is 17.2 Å². The highest BCUT2D eigenvalue weighted by atomic mass is 16.4. The third-order valence-corrected chi connectivity index (χ3v) is 7.22. The largest absolute Gasteiger partial charge is 0.481 e. The first kappa shape index (κ1) is 50.5. The predicted molar refractivity (Wildman–Crippen MR) is 188 cm³/mol. The van der Waals surface area contributed by atoms with Crippen molar-refractivity contribution in [2.75, 3.05) is 26.2 Å². The highest BCUT2D eigenvalue weighted by Gasteiger charge is 2.34. The van der Waals surface area contributed by atoms with E-state index in [9.17, 15) is 67.7 Å². The number of aliphatic hydroxyl groups is 2. The van der Waals surface area contributed by atoms with Gasteiger partial charge in [-0.3, -0.25) is 57.5 Å². The molecule has 0 fully saturated rings. The summed E-state index contributed by atoms with van der Waals surface area (Å²) in [5.41, 5.74) is 15.7. The Morgan fingerprint density at radius 3 is 1.46 bits per heavy atom. The first-order valence-electron chi connectivity index (χ1n) is 16.9. The average molecular weight is 820 g/mol. The number of amides is 10. The lowest BCUT2D eigenvalue weighted by Gasteiger charge is -2.27. The Labute approximate surface area is 323 Å². The molecular formula is C30H49N11O16. The van der Waals surface area contributed by atoms with Crippen LogP contribution < -0.4 is 59.7 Å². The van der Waals surface area contributed by atoms with Crippen molar-refractivity contribution in [3.8, 4) is 0 Å². The van der Waals surface area contributed by atoms with Crippen LogP contribution in [-0.4, -0.2) is 160 Å². The van der Waals surface area contributed by atoms with Gasteiger partial charge < -0.3 is 80.2 Å². The summed E-state index contributed by atoms with van der Waals surface area (Å²) in [6.07, 6.45) is -4.88. The lowest BCUT2D eigenvalue weighted by atomic mass is 10.1. The van der Waals surface area contributed by atoms with Crippen LogP contribution in [0.5, 0.6) is 0 Å². The van der Waals surface area contributed by atoms with Gasteiger partial charge >= 0.3 is 11.9 Å². The maximum Gasteiger partial charge on any atom is 0.322 e. The van der Waals surface area contributed by atoms with Crippen LogP contribution in [0, 0.1) is 0 Å². The molecule has 18 N–H and O–H groups in total. The second-order valence-electron chi connectivity index (χ2n) is 12.2. The molecule has 7 unspecified atom stereocenters. The van der Waals surface area contributed by atoms with Crippen LogP contribution in [0.2, 0.25) is 0 Å². The number of carbonyl (C=O) groups is 12. The van der Waals surface area contributed by atoms with E-state index in [2.05, 4.69) is 31.9 Å². The van der Waals surface area contributed by atoms with Crippen LogP contribution in [0.1, 0.15) is 46.0 Å². The molecule has 0 rings (SSSR count). The van der Waals surface area contributed by atoms with Crippen molar-refractivity contribution in [3.05, 3.63) is 0 Å². The fraction of sp³-hybridized carbons (Fsp3) is 0.600. The molecule has 0 bridgehead atoms. The second-order valence-corrected chi connectivity index (χ2v) is 12.2. The maximum atomic E-state index is 13.3. The predicted octanol–water partition coefficient (Wildman–Crippen LogP) is -9.43. The van der Waals surface area contributed by atoms with E-state index in [1.54, 1.807) is 0 Å². The third kappa shape index (κ3) is 21.3. The number of hydrogen-bond acceptors (Lipinski definition) is 15. The normalized spacial score (nSPS) is 14.3. The number of carboxylic acids is 2. The van der Waals surface area contributed by atoms with Crippen LogP contribution in [0.25, 0.3) is 0 Å². The van der Waals surface area contributed by atoms with Crippen LogP contribution in [0.3, 0.4) is 0 Å². The van der Waals surface area contributed by atoms with Crippen LogP contribution >= 0.6 is 0 Å². The Balaban J connectivity index is 5.91. The Kier molecular flexibility index (Phi) is 22.7. The van der Waals surface area contributed by atoms with Crippen LogP contribution in [-0.2, 0) is 57.5 Å². The molecule has 0 saturated carbocycles. The zero-order chi connectivity index (χ0) is 44.0. The molecular weight excluding hydrogens is 770 g/mol. The van der Waals surface area contributed by atoms with E-state index in [-0.39, 0.29) is 0 Å². The molecule has 10 amide bonds. The minimum Gasteiger partial charge on any atom is -0.481 e.